The largest absolute Gasteiger partial charge is 1.00 e. The number of anilines is 1. The van der Waals surface area contributed by atoms with Gasteiger partial charge in [0, 0.05) is 12.4 Å². The molecule has 1 aromatic carbocycles. The number of nitrogen functional groups attached to an aromatic ring is 1. The first-order valence-corrected chi connectivity index (χ1v) is 7.20. The Hall–Kier alpha value is -1.90. The van der Waals surface area contributed by atoms with E-state index in [9.17, 15) is 4.79 Å². The molecule has 4 rings (SSSR count). The Morgan fingerprint density at radius 2 is 1.84 bits per heavy atom. The number of fused-ring (bicyclic) bond motifs is 1. The van der Waals surface area contributed by atoms with Crippen molar-refractivity contribution in [1.82, 2.24) is 15.0 Å². The van der Waals surface area contributed by atoms with Gasteiger partial charge in [-0.15, -0.1) is 12.1 Å². The van der Waals surface area contributed by atoms with Crippen molar-refractivity contribution < 1.29 is 60.6 Å². The number of nitrogens with two attached hydrogens (primary N) is 1. The summed E-state index contributed by atoms with van der Waals surface area (Å²) in [6, 6.07) is 12.5. The maximum Gasteiger partial charge on any atom is 1.00 e. The van der Waals surface area contributed by atoms with E-state index in [1.807, 2.05) is 24.5 Å². The topological polar surface area (TPSA) is 94.9 Å². The van der Waals surface area contributed by atoms with Crippen molar-refractivity contribution in [3.05, 3.63) is 60.4 Å². The van der Waals surface area contributed by atoms with Gasteiger partial charge in [-0.3, -0.25) is 0 Å². The van der Waals surface area contributed by atoms with Crippen molar-refractivity contribution in [2.24, 2.45) is 0 Å². The number of pyridine rings is 2. The minimum Gasteiger partial charge on any atom is -0.434 e. The molecule has 0 amide bonds. The van der Waals surface area contributed by atoms with E-state index in [1.54, 1.807) is 36.7 Å². The van der Waals surface area contributed by atoms with Crippen molar-refractivity contribution in [3.63, 3.8) is 0 Å². The summed E-state index contributed by atoms with van der Waals surface area (Å²) in [4.78, 5) is 23.4. The molecule has 25 heavy (non-hydrogen) atoms. The first kappa shape index (κ1) is 17.9. The summed E-state index contributed by atoms with van der Waals surface area (Å²) in [5.74, 6) is 0.691. The molecule has 0 aliphatic carbocycles. The van der Waals surface area contributed by atoms with E-state index in [4.69, 9.17) is 10.2 Å². The molecular weight excluding hydrogens is 343 g/mol. The Balaban J connectivity index is 0.00000182. The molecular formula is C18H11KN4O2. The standard InChI is InChI=1S/C18H11N4O2.K/c19-16-14(18-22-17-15(24-18)2-1-7-20-17)8-13(9-21-16)12-5-3-11(10-23)4-6-12;/h1-9H,(H2,19,21);/q-1;+1. The molecule has 4 aromatic rings. The van der Waals surface area contributed by atoms with Crippen LogP contribution in [0.25, 0.3) is 33.8 Å². The SMILES string of the molecule is Nc1ncc(-c2ccc([C-]=O)cc2)cc1-c1nc2ncccc2o1.[K+]. The van der Waals surface area contributed by atoms with Gasteiger partial charge in [0.05, 0.1) is 11.8 Å². The molecule has 2 N–H and O–H groups in total. The summed E-state index contributed by atoms with van der Waals surface area (Å²) >= 11 is 0. The first-order chi connectivity index (χ1) is 11.7. The van der Waals surface area contributed by atoms with Crippen molar-refractivity contribution in [1.29, 1.82) is 0 Å². The fourth-order valence-electron chi connectivity index (χ4n) is 2.42. The van der Waals surface area contributed by atoms with Gasteiger partial charge in [-0.1, -0.05) is 0 Å². The summed E-state index contributed by atoms with van der Waals surface area (Å²) in [6.45, 7) is 0. The third-order valence-corrected chi connectivity index (χ3v) is 3.65. The van der Waals surface area contributed by atoms with Crippen LogP contribution >= 0.6 is 0 Å². The third kappa shape index (κ3) is 3.56. The predicted octanol–water partition coefficient (Wildman–Crippen LogP) is -0.00420. The van der Waals surface area contributed by atoms with Crippen LogP contribution in [0.4, 0.5) is 5.82 Å². The number of nitrogens with zero attached hydrogens (tertiary/aromatic N) is 3. The predicted molar refractivity (Wildman–Crippen MR) is 89.7 cm³/mol. The van der Waals surface area contributed by atoms with Gasteiger partial charge in [-0.25, -0.2) is 9.97 Å². The normalized spacial score (nSPS) is 10.4. The van der Waals surface area contributed by atoms with Gasteiger partial charge in [0.2, 0.25) is 5.89 Å². The van der Waals surface area contributed by atoms with Gasteiger partial charge in [-0.05, 0) is 29.3 Å². The van der Waals surface area contributed by atoms with Gasteiger partial charge < -0.3 is 14.9 Å². The molecule has 7 heteroatoms. The molecule has 0 aliphatic heterocycles. The number of carbonyl (C=O) groups excluding carboxylic acids is 1. The van der Waals surface area contributed by atoms with Gasteiger partial charge in [0.25, 0.3) is 0 Å². The van der Waals surface area contributed by atoms with Crippen LogP contribution in [0.5, 0.6) is 0 Å². The van der Waals surface area contributed by atoms with Crippen LogP contribution in [0.3, 0.4) is 0 Å². The van der Waals surface area contributed by atoms with Gasteiger partial charge >= 0.3 is 51.4 Å². The number of hydrogen-bond acceptors (Lipinski definition) is 6. The average Bonchev–Trinajstić information content (AvgIpc) is 3.06. The summed E-state index contributed by atoms with van der Waals surface area (Å²) in [6.07, 6.45) is 5.17. The molecule has 0 bridgehead atoms. The van der Waals surface area contributed by atoms with Crippen LogP contribution in [0, 0.1) is 0 Å². The van der Waals surface area contributed by atoms with Gasteiger partial charge in [0.1, 0.15) is 5.82 Å². The van der Waals surface area contributed by atoms with Crippen LogP contribution in [-0.2, 0) is 4.79 Å². The van der Waals surface area contributed by atoms with Crippen LogP contribution < -0.4 is 57.1 Å². The van der Waals surface area contributed by atoms with Crippen LogP contribution in [-0.4, -0.2) is 21.2 Å². The Kier molecular flexibility index (Phi) is 5.41. The van der Waals surface area contributed by atoms with E-state index >= 15 is 0 Å². The van der Waals surface area contributed by atoms with Crippen LogP contribution in [0.1, 0.15) is 5.56 Å². The summed E-state index contributed by atoms with van der Waals surface area (Å²) in [5.41, 5.74) is 9.91. The molecule has 0 fully saturated rings. The van der Waals surface area contributed by atoms with Gasteiger partial charge in [0.15, 0.2) is 11.2 Å². The zero-order valence-electron chi connectivity index (χ0n) is 13.4. The van der Waals surface area contributed by atoms with Crippen molar-refractivity contribution in [3.8, 4) is 22.6 Å². The molecule has 0 saturated carbocycles. The van der Waals surface area contributed by atoms with E-state index in [0.717, 1.165) is 11.1 Å². The molecule has 0 spiro atoms. The van der Waals surface area contributed by atoms with E-state index in [1.165, 1.54) is 0 Å². The van der Waals surface area contributed by atoms with E-state index in [-0.39, 0.29) is 51.4 Å². The Morgan fingerprint density at radius 3 is 2.56 bits per heavy atom. The maximum atomic E-state index is 10.6. The zero-order chi connectivity index (χ0) is 16.5. The van der Waals surface area contributed by atoms with E-state index in [2.05, 4.69) is 15.0 Å². The minimum atomic E-state index is 0. The number of hydrogen-bond donors (Lipinski definition) is 1. The van der Waals surface area contributed by atoms with Crippen molar-refractivity contribution >= 4 is 23.3 Å². The van der Waals surface area contributed by atoms with E-state index < -0.39 is 0 Å². The quantitative estimate of drug-likeness (QED) is 0.411. The average molecular weight is 354 g/mol. The van der Waals surface area contributed by atoms with E-state index in [0.29, 0.717) is 34.1 Å². The molecule has 3 heterocycles. The number of rotatable bonds is 3. The maximum absolute atomic E-state index is 10.6. The number of aromatic nitrogens is 3. The van der Waals surface area contributed by atoms with Crippen LogP contribution in [0.2, 0.25) is 0 Å². The van der Waals surface area contributed by atoms with Gasteiger partial charge in [-0.2, -0.15) is 22.7 Å². The van der Waals surface area contributed by atoms with Crippen molar-refractivity contribution in [2.75, 3.05) is 5.73 Å². The third-order valence-electron chi connectivity index (χ3n) is 3.65. The molecule has 0 atom stereocenters. The summed E-state index contributed by atoms with van der Waals surface area (Å²) in [7, 11) is 0. The summed E-state index contributed by atoms with van der Waals surface area (Å²) in [5, 5.41) is 0. The Morgan fingerprint density at radius 1 is 1.04 bits per heavy atom. The molecule has 116 valence electrons. The fourth-order valence-corrected chi connectivity index (χ4v) is 2.42. The number of benzene rings is 1. The first-order valence-electron chi connectivity index (χ1n) is 7.20. The second kappa shape index (κ2) is 7.55. The Labute approximate surface area is 185 Å². The summed E-state index contributed by atoms with van der Waals surface area (Å²) < 4.78 is 5.72. The molecule has 0 unspecified atom stereocenters. The minimum absolute atomic E-state index is 0. The smallest absolute Gasteiger partial charge is 0.434 e. The second-order valence-electron chi connectivity index (χ2n) is 5.18. The number of oxazole rings is 1. The monoisotopic (exact) mass is 354 g/mol. The second-order valence-corrected chi connectivity index (χ2v) is 5.18. The van der Waals surface area contributed by atoms with Crippen molar-refractivity contribution in [2.45, 2.75) is 0 Å². The Bertz CT molecular complexity index is 1010. The molecule has 0 radical (unpaired) electrons. The fraction of sp³-hybridized carbons (Fsp3) is 0. The molecule has 3 aromatic heterocycles. The molecule has 0 saturated heterocycles. The van der Waals surface area contributed by atoms with Crippen LogP contribution in [0.15, 0.2) is 59.3 Å². The molecule has 0 aliphatic rings. The zero-order valence-corrected chi connectivity index (χ0v) is 16.6. The molecule has 6 nitrogen and oxygen atoms in total.